The summed E-state index contributed by atoms with van der Waals surface area (Å²) in [6, 6.07) is 11.1. The number of hydrogen-bond acceptors (Lipinski definition) is 5. The molecule has 2 atom stereocenters. The second kappa shape index (κ2) is 11.0. The highest BCUT2D eigenvalue weighted by atomic mass is 35.5. The third-order valence-electron chi connectivity index (χ3n) is 6.74. The Kier molecular flexibility index (Phi) is 7.94. The van der Waals surface area contributed by atoms with Gasteiger partial charge in [0.25, 0.3) is 17.4 Å². The Hall–Kier alpha value is -3.62. The summed E-state index contributed by atoms with van der Waals surface area (Å²) < 4.78 is 1.51. The smallest absolute Gasteiger partial charge is 0.263 e. The predicted molar refractivity (Wildman–Crippen MR) is 151 cm³/mol. The summed E-state index contributed by atoms with van der Waals surface area (Å²) in [4.78, 5) is 45.8. The van der Waals surface area contributed by atoms with E-state index in [1.165, 1.54) is 4.57 Å². The van der Waals surface area contributed by atoms with Crippen LogP contribution in [-0.2, 0) is 13.0 Å². The van der Waals surface area contributed by atoms with Crippen LogP contribution in [-0.4, -0.2) is 45.4 Å². The first-order valence-corrected chi connectivity index (χ1v) is 12.9. The van der Waals surface area contributed by atoms with Crippen molar-refractivity contribution in [2.24, 2.45) is 0 Å². The highest BCUT2D eigenvalue weighted by Crippen LogP contribution is 2.27. The first kappa shape index (κ1) is 27.4. The molecule has 8 nitrogen and oxygen atoms in total. The van der Waals surface area contributed by atoms with Gasteiger partial charge in [0.05, 0.1) is 28.0 Å². The van der Waals surface area contributed by atoms with Crippen molar-refractivity contribution in [1.29, 1.82) is 0 Å². The predicted octanol–water partition coefficient (Wildman–Crippen LogP) is 4.86. The van der Waals surface area contributed by atoms with E-state index in [-0.39, 0.29) is 36.0 Å². The minimum atomic E-state index is -0.254. The van der Waals surface area contributed by atoms with Crippen LogP contribution in [0.2, 0.25) is 10.0 Å². The molecule has 38 heavy (non-hydrogen) atoms. The summed E-state index contributed by atoms with van der Waals surface area (Å²) >= 11 is 12.2. The number of amides is 2. The number of carbonyl (C=O) groups excluding carboxylic acids is 2. The number of carbonyl (C=O) groups is 2. The Bertz CT molecular complexity index is 1480. The average Bonchev–Trinajstić information content (AvgIpc) is 2.90. The van der Waals surface area contributed by atoms with E-state index < -0.39 is 0 Å². The van der Waals surface area contributed by atoms with Gasteiger partial charge in [0.15, 0.2) is 0 Å². The molecule has 2 aromatic carbocycles. The number of rotatable bonds is 6. The second-order valence-electron chi connectivity index (χ2n) is 9.45. The number of halogens is 2. The fraction of sp³-hybridized carbons (Fsp3) is 0.286. The van der Waals surface area contributed by atoms with Gasteiger partial charge in [-0.05, 0) is 69.7 Å². The number of nitrogens with zero attached hydrogens (tertiary/aromatic N) is 3. The van der Waals surface area contributed by atoms with E-state index in [1.807, 2.05) is 20.8 Å². The van der Waals surface area contributed by atoms with E-state index in [4.69, 9.17) is 28.2 Å². The van der Waals surface area contributed by atoms with Crippen LogP contribution < -0.4 is 16.2 Å². The first-order chi connectivity index (χ1) is 18.0. The largest absolute Gasteiger partial charge is 0.355 e. The molecule has 0 bridgehead atoms. The molecule has 1 aromatic heterocycles. The summed E-state index contributed by atoms with van der Waals surface area (Å²) in [7, 11) is 1.56. The van der Waals surface area contributed by atoms with Gasteiger partial charge >= 0.3 is 0 Å². The molecule has 4 rings (SSSR count). The maximum atomic E-state index is 13.9. The van der Waals surface area contributed by atoms with Gasteiger partial charge in [-0.15, -0.1) is 0 Å². The van der Waals surface area contributed by atoms with Crippen LogP contribution in [0, 0.1) is 0 Å². The van der Waals surface area contributed by atoms with Gasteiger partial charge in [-0.1, -0.05) is 35.4 Å². The third kappa shape index (κ3) is 5.33. The van der Waals surface area contributed by atoms with Gasteiger partial charge in [-0.3, -0.25) is 14.4 Å². The summed E-state index contributed by atoms with van der Waals surface area (Å²) in [6.07, 6.45) is 0.334. The third-order valence-corrected chi connectivity index (χ3v) is 7.48. The summed E-state index contributed by atoms with van der Waals surface area (Å²) in [5.41, 5.74) is 3.15. The molecule has 0 unspecified atom stereocenters. The fourth-order valence-corrected chi connectivity index (χ4v) is 4.58. The fourth-order valence-electron chi connectivity index (χ4n) is 4.28. The summed E-state index contributed by atoms with van der Waals surface area (Å²) in [5.74, 6) is -0.113. The van der Waals surface area contributed by atoms with Crippen molar-refractivity contribution in [1.82, 2.24) is 19.8 Å². The molecule has 3 aromatic rings. The maximum Gasteiger partial charge on any atom is 0.263 e. The molecule has 0 saturated heterocycles. The van der Waals surface area contributed by atoms with Crippen molar-refractivity contribution in [3.63, 3.8) is 0 Å². The summed E-state index contributed by atoms with van der Waals surface area (Å²) in [6.45, 7) is 9.87. The lowest BCUT2D eigenvalue weighted by Gasteiger charge is -2.35. The van der Waals surface area contributed by atoms with E-state index in [1.54, 1.807) is 54.4 Å². The Balaban J connectivity index is 1.78. The zero-order valence-electron chi connectivity index (χ0n) is 21.6. The monoisotopic (exact) mass is 553 g/mol. The van der Waals surface area contributed by atoms with Gasteiger partial charge in [0, 0.05) is 35.8 Å². The number of fused-ring (bicyclic) bond motifs is 1. The molecule has 1 aliphatic rings. The quantitative estimate of drug-likeness (QED) is 0.425. The van der Waals surface area contributed by atoms with Crippen LogP contribution in [0.1, 0.15) is 52.7 Å². The number of anilines is 1. The van der Waals surface area contributed by atoms with Crippen molar-refractivity contribution in [3.8, 4) is 5.69 Å². The van der Waals surface area contributed by atoms with Gasteiger partial charge in [-0.2, -0.15) is 0 Å². The number of aromatic nitrogens is 2. The van der Waals surface area contributed by atoms with E-state index in [9.17, 15) is 14.4 Å². The van der Waals surface area contributed by atoms with Crippen molar-refractivity contribution in [2.75, 3.05) is 12.4 Å². The van der Waals surface area contributed by atoms with Crippen LogP contribution in [0.4, 0.5) is 5.95 Å². The minimum absolute atomic E-state index is 0.164. The summed E-state index contributed by atoms with van der Waals surface area (Å²) in [5, 5.41) is 6.54. The van der Waals surface area contributed by atoms with Crippen LogP contribution in [0.25, 0.3) is 5.69 Å². The van der Waals surface area contributed by atoms with Gasteiger partial charge in [0.1, 0.15) is 0 Å². The topological polar surface area (TPSA) is 96.3 Å². The molecule has 2 N–H and O–H groups in total. The zero-order chi connectivity index (χ0) is 27.7. The van der Waals surface area contributed by atoms with E-state index in [0.29, 0.717) is 50.5 Å². The molecular formula is C28H29Cl2N5O3. The molecular weight excluding hydrogens is 525 g/mol. The SMILES string of the molecule is C=C(C)[C@@H](C)Nc1nc2c(c(=O)n1-c1ccc(C(=O)NC)cc1)C[C@@H](C)N(C(=O)c1ccc(Cl)c(Cl)c1)C2. The Morgan fingerprint density at radius 1 is 1.11 bits per heavy atom. The molecule has 0 spiro atoms. The Morgan fingerprint density at radius 2 is 1.76 bits per heavy atom. The van der Waals surface area contributed by atoms with Crippen LogP contribution >= 0.6 is 23.2 Å². The standard InChI is InChI=1S/C28H29Cl2N5O3/c1-15(2)17(4)32-28-33-24-14-34(26(37)19-8-11-22(29)23(30)13-19)16(3)12-21(24)27(38)35(28)20-9-6-18(7-10-20)25(36)31-5/h6-11,13,16-17H,1,12,14H2,2-5H3,(H,31,36)(H,32,33)/t16-,17-/m1/s1. The molecule has 0 saturated carbocycles. The van der Waals surface area contributed by atoms with Crippen LogP contribution in [0.3, 0.4) is 0 Å². The zero-order valence-corrected chi connectivity index (χ0v) is 23.2. The maximum absolute atomic E-state index is 13.9. The molecule has 10 heteroatoms. The number of nitrogens with one attached hydrogen (secondary N) is 2. The molecule has 0 fully saturated rings. The van der Waals surface area contributed by atoms with Crippen molar-refractivity contribution in [3.05, 3.63) is 97.4 Å². The van der Waals surface area contributed by atoms with Crippen LogP contribution in [0.5, 0.6) is 0 Å². The number of hydrogen-bond donors (Lipinski definition) is 2. The number of benzene rings is 2. The first-order valence-electron chi connectivity index (χ1n) is 12.2. The molecule has 0 radical (unpaired) electrons. The van der Waals surface area contributed by atoms with Crippen molar-refractivity contribution in [2.45, 2.75) is 45.8 Å². The lowest BCUT2D eigenvalue weighted by molar-refractivity contribution is 0.0653. The van der Waals surface area contributed by atoms with E-state index in [0.717, 1.165) is 5.57 Å². The molecule has 2 heterocycles. The normalized spacial score (nSPS) is 15.4. The second-order valence-corrected chi connectivity index (χ2v) is 10.3. The molecule has 198 valence electrons. The lowest BCUT2D eigenvalue weighted by atomic mass is 9.98. The van der Waals surface area contributed by atoms with Gasteiger partial charge in [0.2, 0.25) is 5.95 Å². The van der Waals surface area contributed by atoms with Crippen molar-refractivity contribution < 1.29 is 9.59 Å². The van der Waals surface area contributed by atoms with E-state index >= 15 is 0 Å². The molecule has 2 amide bonds. The van der Waals surface area contributed by atoms with Crippen LogP contribution in [0.15, 0.2) is 59.4 Å². The minimum Gasteiger partial charge on any atom is -0.355 e. The highest BCUT2D eigenvalue weighted by Gasteiger charge is 2.32. The molecule has 1 aliphatic heterocycles. The highest BCUT2D eigenvalue weighted by molar-refractivity contribution is 6.42. The Morgan fingerprint density at radius 3 is 2.37 bits per heavy atom. The van der Waals surface area contributed by atoms with Gasteiger partial charge in [-0.25, -0.2) is 9.55 Å². The molecule has 0 aliphatic carbocycles. The average molecular weight is 554 g/mol. The van der Waals surface area contributed by atoms with Crippen molar-refractivity contribution >= 4 is 41.0 Å². The lowest BCUT2D eigenvalue weighted by Crippen LogP contribution is -2.46. The van der Waals surface area contributed by atoms with Gasteiger partial charge < -0.3 is 15.5 Å². The van der Waals surface area contributed by atoms with E-state index in [2.05, 4.69) is 17.2 Å². The Labute approximate surface area is 231 Å².